The van der Waals surface area contributed by atoms with Crippen LogP contribution in [0.4, 0.5) is 5.69 Å². The zero-order chi connectivity index (χ0) is 12.8. The van der Waals surface area contributed by atoms with Crippen LogP contribution in [0.15, 0.2) is 60.8 Å². The highest BCUT2D eigenvalue weighted by atomic mass is 16.3. The first-order valence-corrected chi connectivity index (χ1v) is 6.08. The van der Waals surface area contributed by atoms with Crippen molar-refractivity contribution < 1.29 is 5.11 Å². The molecular weight excluding hydrogens is 222 g/mol. The maximum atomic E-state index is 9.28. The summed E-state index contributed by atoms with van der Waals surface area (Å²) in [4.78, 5) is 2.13. The molecule has 0 bridgehead atoms. The van der Waals surface area contributed by atoms with E-state index in [0.717, 1.165) is 12.2 Å². The van der Waals surface area contributed by atoms with E-state index in [9.17, 15) is 5.11 Å². The predicted octanol–water partition coefficient (Wildman–Crippen LogP) is 3.89. The number of anilines is 1. The van der Waals surface area contributed by atoms with E-state index in [1.165, 1.54) is 5.56 Å². The second-order valence-electron chi connectivity index (χ2n) is 4.03. The standard InChI is InChI=1S/C16H17NO/c1-2-17(15-8-10-16(18)11-9-15)13-12-14-6-4-3-5-7-14/h3-13,18H,2H2,1H3. The van der Waals surface area contributed by atoms with Crippen LogP contribution >= 0.6 is 0 Å². The van der Waals surface area contributed by atoms with Crippen LogP contribution in [0, 0.1) is 0 Å². The zero-order valence-corrected chi connectivity index (χ0v) is 10.5. The Bertz CT molecular complexity index is 502. The molecule has 0 saturated heterocycles. The number of aromatic hydroxyl groups is 1. The maximum absolute atomic E-state index is 9.28. The van der Waals surface area contributed by atoms with Gasteiger partial charge < -0.3 is 10.0 Å². The van der Waals surface area contributed by atoms with Crippen LogP contribution in [0.2, 0.25) is 0 Å². The summed E-state index contributed by atoms with van der Waals surface area (Å²) in [6, 6.07) is 17.4. The van der Waals surface area contributed by atoms with Gasteiger partial charge in [0.2, 0.25) is 0 Å². The number of nitrogens with zero attached hydrogens (tertiary/aromatic N) is 1. The van der Waals surface area contributed by atoms with Crippen molar-refractivity contribution >= 4 is 11.8 Å². The summed E-state index contributed by atoms with van der Waals surface area (Å²) >= 11 is 0. The molecule has 0 radical (unpaired) electrons. The summed E-state index contributed by atoms with van der Waals surface area (Å²) in [5, 5.41) is 9.28. The molecule has 0 amide bonds. The van der Waals surface area contributed by atoms with E-state index in [1.54, 1.807) is 12.1 Å². The molecule has 0 aliphatic rings. The average molecular weight is 239 g/mol. The van der Waals surface area contributed by atoms with Crippen molar-refractivity contribution in [3.8, 4) is 5.75 Å². The fourth-order valence-electron chi connectivity index (χ4n) is 1.76. The minimum absolute atomic E-state index is 0.293. The molecule has 1 N–H and O–H groups in total. The lowest BCUT2D eigenvalue weighted by Gasteiger charge is -2.18. The van der Waals surface area contributed by atoms with E-state index >= 15 is 0 Å². The number of hydrogen-bond acceptors (Lipinski definition) is 2. The molecule has 0 atom stereocenters. The first kappa shape index (κ1) is 12.2. The molecule has 18 heavy (non-hydrogen) atoms. The molecular formula is C16H17NO. The monoisotopic (exact) mass is 239 g/mol. The molecule has 2 heteroatoms. The van der Waals surface area contributed by atoms with E-state index < -0.39 is 0 Å². The van der Waals surface area contributed by atoms with E-state index in [0.29, 0.717) is 5.75 Å². The van der Waals surface area contributed by atoms with Crippen LogP contribution < -0.4 is 4.90 Å². The van der Waals surface area contributed by atoms with Gasteiger partial charge in [-0.05, 0) is 42.8 Å². The third kappa shape index (κ3) is 3.14. The quantitative estimate of drug-likeness (QED) is 0.875. The molecule has 0 fully saturated rings. The molecule has 2 aromatic carbocycles. The fourth-order valence-corrected chi connectivity index (χ4v) is 1.76. The van der Waals surface area contributed by atoms with Gasteiger partial charge in [0.25, 0.3) is 0 Å². The molecule has 0 saturated carbocycles. The minimum atomic E-state index is 0.293. The molecule has 92 valence electrons. The summed E-state index contributed by atoms with van der Waals surface area (Å²) in [7, 11) is 0. The first-order chi connectivity index (χ1) is 8.79. The van der Waals surface area contributed by atoms with Gasteiger partial charge in [0, 0.05) is 18.4 Å². The summed E-state index contributed by atoms with van der Waals surface area (Å²) in [5.74, 6) is 0.293. The molecule has 0 aliphatic carbocycles. The van der Waals surface area contributed by atoms with Crippen LogP contribution in [0.1, 0.15) is 12.5 Å². The van der Waals surface area contributed by atoms with Gasteiger partial charge in [0.15, 0.2) is 0 Å². The Morgan fingerprint density at radius 3 is 2.28 bits per heavy atom. The van der Waals surface area contributed by atoms with Crippen molar-refractivity contribution in [2.45, 2.75) is 6.92 Å². The average Bonchev–Trinajstić information content (AvgIpc) is 2.42. The van der Waals surface area contributed by atoms with Gasteiger partial charge >= 0.3 is 0 Å². The first-order valence-electron chi connectivity index (χ1n) is 6.08. The Morgan fingerprint density at radius 1 is 1.00 bits per heavy atom. The van der Waals surface area contributed by atoms with E-state index in [1.807, 2.05) is 30.3 Å². The largest absolute Gasteiger partial charge is 0.508 e. The van der Waals surface area contributed by atoms with Crippen molar-refractivity contribution in [2.24, 2.45) is 0 Å². The molecule has 2 nitrogen and oxygen atoms in total. The second-order valence-corrected chi connectivity index (χ2v) is 4.03. The van der Waals surface area contributed by atoms with Crippen LogP contribution in [0.25, 0.3) is 6.08 Å². The topological polar surface area (TPSA) is 23.5 Å². The summed E-state index contributed by atoms with van der Waals surface area (Å²) in [6.45, 7) is 2.98. The molecule has 0 unspecified atom stereocenters. The summed E-state index contributed by atoms with van der Waals surface area (Å²) in [6.07, 6.45) is 4.14. The van der Waals surface area contributed by atoms with Crippen LogP contribution in [-0.4, -0.2) is 11.7 Å². The number of rotatable bonds is 4. The Hall–Kier alpha value is -2.22. The normalized spacial score (nSPS) is 10.7. The third-order valence-corrected chi connectivity index (χ3v) is 2.77. The number of hydrogen-bond donors (Lipinski definition) is 1. The van der Waals surface area contributed by atoms with Gasteiger partial charge in [0.05, 0.1) is 0 Å². The van der Waals surface area contributed by atoms with E-state index in [4.69, 9.17) is 0 Å². The van der Waals surface area contributed by atoms with E-state index in [2.05, 4.69) is 36.2 Å². The lowest BCUT2D eigenvalue weighted by Crippen LogP contribution is -2.14. The lowest BCUT2D eigenvalue weighted by atomic mass is 10.2. The van der Waals surface area contributed by atoms with Gasteiger partial charge in [-0.1, -0.05) is 30.3 Å². The van der Waals surface area contributed by atoms with Crippen molar-refractivity contribution in [1.29, 1.82) is 0 Å². The van der Waals surface area contributed by atoms with Crippen LogP contribution in [-0.2, 0) is 0 Å². The van der Waals surface area contributed by atoms with Crippen molar-refractivity contribution in [2.75, 3.05) is 11.4 Å². The lowest BCUT2D eigenvalue weighted by molar-refractivity contribution is 0.475. The van der Waals surface area contributed by atoms with Gasteiger partial charge in [-0.15, -0.1) is 0 Å². The van der Waals surface area contributed by atoms with Gasteiger partial charge in [0.1, 0.15) is 5.75 Å². The van der Waals surface area contributed by atoms with Crippen molar-refractivity contribution in [1.82, 2.24) is 0 Å². The highest BCUT2D eigenvalue weighted by Gasteiger charge is 1.99. The molecule has 2 aromatic rings. The van der Waals surface area contributed by atoms with Gasteiger partial charge in [-0.25, -0.2) is 0 Å². The van der Waals surface area contributed by atoms with Crippen molar-refractivity contribution in [3.63, 3.8) is 0 Å². The summed E-state index contributed by atoms with van der Waals surface area (Å²) < 4.78 is 0. The Balaban J connectivity index is 2.15. The van der Waals surface area contributed by atoms with Crippen LogP contribution in [0.5, 0.6) is 5.75 Å². The van der Waals surface area contributed by atoms with Crippen molar-refractivity contribution in [3.05, 3.63) is 66.4 Å². The van der Waals surface area contributed by atoms with Crippen LogP contribution in [0.3, 0.4) is 0 Å². The molecule has 0 heterocycles. The molecule has 0 aromatic heterocycles. The highest BCUT2D eigenvalue weighted by Crippen LogP contribution is 2.19. The van der Waals surface area contributed by atoms with E-state index in [-0.39, 0.29) is 0 Å². The molecule has 0 spiro atoms. The molecule has 0 aliphatic heterocycles. The summed E-state index contributed by atoms with van der Waals surface area (Å²) in [5.41, 5.74) is 2.25. The fraction of sp³-hybridized carbons (Fsp3) is 0.125. The second kappa shape index (κ2) is 5.92. The smallest absolute Gasteiger partial charge is 0.115 e. The van der Waals surface area contributed by atoms with Gasteiger partial charge in [-0.3, -0.25) is 0 Å². The molecule has 2 rings (SSSR count). The number of benzene rings is 2. The third-order valence-electron chi connectivity index (χ3n) is 2.77. The SMILES string of the molecule is CCN(C=Cc1ccccc1)c1ccc(O)cc1. The number of phenols is 1. The minimum Gasteiger partial charge on any atom is -0.508 e. The number of phenolic OH excluding ortho intramolecular Hbond substituents is 1. The van der Waals surface area contributed by atoms with Gasteiger partial charge in [-0.2, -0.15) is 0 Å². The maximum Gasteiger partial charge on any atom is 0.115 e. The highest BCUT2D eigenvalue weighted by molar-refractivity contribution is 5.57. The Labute approximate surface area is 108 Å². The Kier molecular flexibility index (Phi) is 4.02. The Morgan fingerprint density at radius 2 is 1.67 bits per heavy atom. The zero-order valence-electron chi connectivity index (χ0n) is 10.5. The predicted molar refractivity (Wildman–Crippen MR) is 76.6 cm³/mol.